The monoisotopic (exact) mass is 260 g/mol. The minimum atomic E-state index is -3.73. The molecule has 1 amide bonds. The molecule has 0 atom stereocenters. The fourth-order valence-electron chi connectivity index (χ4n) is 1.16. The molecule has 0 saturated carbocycles. The minimum absolute atomic E-state index is 0.0817. The fraction of sp³-hybridized carbons (Fsp3) is 0.300. The van der Waals surface area contributed by atoms with E-state index in [-0.39, 0.29) is 18.0 Å². The quantitative estimate of drug-likeness (QED) is 0.710. The summed E-state index contributed by atoms with van der Waals surface area (Å²) in [6, 6.07) is 4.32. The highest BCUT2D eigenvalue weighted by molar-refractivity contribution is 7.92. The van der Waals surface area contributed by atoms with Crippen molar-refractivity contribution in [2.24, 2.45) is 5.73 Å². The van der Waals surface area contributed by atoms with Crippen molar-refractivity contribution in [3.63, 3.8) is 0 Å². The van der Waals surface area contributed by atoms with Crippen molar-refractivity contribution < 1.29 is 17.6 Å². The maximum atomic E-state index is 12.6. The number of nitrogens with one attached hydrogen (secondary N) is 1. The van der Waals surface area contributed by atoms with Crippen LogP contribution < -0.4 is 11.1 Å². The van der Waals surface area contributed by atoms with Gasteiger partial charge in [0.2, 0.25) is 5.91 Å². The van der Waals surface area contributed by atoms with Gasteiger partial charge in [0.1, 0.15) is 11.6 Å². The standard InChI is InChI=1S/C10H13FN2O3S/c11-8-1-3-9(4-2-8)17(15,16)7-10(14)13-6-5-12/h1-4H,5-7,12H2,(H,13,14). The van der Waals surface area contributed by atoms with Gasteiger partial charge in [0.25, 0.3) is 0 Å². The van der Waals surface area contributed by atoms with E-state index in [1.54, 1.807) is 0 Å². The molecule has 0 fully saturated rings. The molecular formula is C10H13FN2O3S. The second-order valence-corrected chi connectivity index (χ2v) is 5.34. The van der Waals surface area contributed by atoms with E-state index < -0.39 is 27.3 Å². The first kappa shape index (κ1) is 13.6. The van der Waals surface area contributed by atoms with Gasteiger partial charge in [-0.15, -0.1) is 0 Å². The largest absolute Gasteiger partial charge is 0.354 e. The molecule has 0 heterocycles. The number of carbonyl (C=O) groups is 1. The molecular weight excluding hydrogens is 247 g/mol. The number of hydrogen-bond donors (Lipinski definition) is 2. The predicted molar refractivity (Wildman–Crippen MR) is 60.5 cm³/mol. The molecule has 0 aliphatic carbocycles. The van der Waals surface area contributed by atoms with Gasteiger partial charge in [0.15, 0.2) is 9.84 Å². The molecule has 0 aliphatic rings. The van der Waals surface area contributed by atoms with Gasteiger partial charge in [-0.3, -0.25) is 4.79 Å². The average Bonchev–Trinajstić information content (AvgIpc) is 2.26. The van der Waals surface area contributed by atoms with Crippen molar-refractivity contribution in [2.75, 3.05) is 18.8 Å². The Hall–Kier alpha value is -1.47. The van der Waals surface area contributed by atoms with Crippen LogP contribution >= 0.6 is 0 Å². The van der Waals surface area contributed by atoms with Crippen LogP contribution in [0.15, 0.2) is 29.2 Å². The second-order valence-electron chi connectivity index (χ2n) is 3.35. The van der Waals surface area contributed by atoms with Gasteiger partial charge in [0.05, 0.1) is 4.90 Å². The van der Waals surface area contributed by atoms with Crippen LogP contribution in [-0.2, 0) is 14.6 Å². The van der Waals surface area contributed by atoms with E-state index in [1.807, 2.05) is 0 Å². The maximum absolute atomic E-state index is 12.6. The van der Waals surface area contributed by atoms with Crippen molar-refractivity contribution >= 4 is 15.7 Å². The lowest BCUT2D eigenvalue weighted by atomic mass is 10.4. The highest BCUT2D eigenvalue weighted by atomic mass is 32.2. The van der Waals surface area contributed by atoms with Gasteiger partial charge >= 0.3 is 0 Å². The summed E-state index contributed by atoms with van der Waals surface area (Å²) in [6.45, 7) is 0.458. The normalized spacial score (nSPS) is 11.2. The third-order valence-electron chi connectivity index (χ3n) is 1.96. The molecule has 3 N–H and O–H groups in total. The number of sulfone groups is 1. The predicted octanol–water partition coefficient (Wildman–Crippen LogP) is -0.326. The number of amides is 1. The summed E-state index contributed by atoms with van der Waals surface area (Å²) < 4.78 is 36.0. The lowest BCUT2D eigenvalue weighted by Gasteiger charge is -2.05. The van der Waals surface area contributed by atoms with Gasteiger partial charge in [-0.1, -0.05) is 0 Å². The van der Waals surface area contributed by atoms with Crippen LogP contribution in [0.1, 0.15) is 0 Å². The Labute approximate surface area is 98.7 Å². The van der Waals surface area contributed by atoms with Gasteiger partial charge in [-0.2, -0.15) is 0 Å². The molecule has 0 spiro atoms. The van der Waals surface area contributed by atoms with E-state index in [9.17, 15) is 17.6 Å². The number of rotatable bonds is 5. The van der Waals surface area contributed by atoms with Crippen LogP contribution in [0.2, 0.25) is 0 Å². The van der Waals surface area contributed by atoms with E-state index in [1.165, 1.54) is 0 Å². The highest BCUT2D eigenvalue weighted by Gasteiger charge is 2.18. The molecule has 1 rings (SSSR count). The molecule has 94 valence electrons. The third kappa shape index (κ3) is 4.12. The molecule has 0 unspecified atom stereocenters. The first-order chi connectivity index (χ1) is 7.95. The molecule has 5 nitrogen and oxygen atoms in total. The van der Waals surface area contributed by atoms with Gasteiger partial charge in [0, 0.05) is 13.1 Å². The third-order valence-corrected chi connectivity index (χ3v) is 3.59. The second kappa shape index (κ2) is 5.74. The number of halogens is 1. The van der Waals surface area contributed by atoms with Gasteiger partial charge in [-0.05, 0) is 24.3 Å². The number of benzene rings is 1. The SMILES string of the molecule is NCCNC(=O)CS(=O)(=O)c1ccc(F)cc1. The van der Waals surface area contributed by atoms with Crippen LogP contribution in [0.4, 0.5) is 4.39 Å². The Balaban J connectivity index is 2.75. The zero-order chi connectivity index (χ0) is 12.9. The molecule has 0 aromatic heterocycles. The Bertz CT molecular complexity index is 485. The van der Waals surface area contributed by atoms with E-state index in [2.05, 4.69) is 5.32 Å². The number of hydrogen-bond acceptors (Lipinski definition) is 4. The lowest BCUT2D eigenvalue weighted by Crippen LogP contribution is -2.33. The molecule has 7 heteroatoms. The average molecular weight is 260 g/mol. The molecule has 17 heavy (non-hydrogen) atoms. The lowest BCUT2D eigenvalue weighted by molar-refractivity contribution is -0.118. The van der Waals surface area contributed by atoms with E-state index in [4.69, 9.17) is 5.73 Å². The van der Waals surface area contributed by atoms with Crippen molar-refractivity contribution in [3.8, 4) is 0 Å². The molecule has 1 aromatic rings. The fourth-order valence-corrected chi connectivity index (χ4v) is 2.33. The maximum Gasteiger partial charge on any atom is 0.235 e. The Morgan fingerprint density at radius 1 is 1.29 bits per heavy atom. The summed E-state index contributed by atoms with van der Waals surface area (Å²) in [5.74, 6) is -1.82. The minimum Gasteiger partial charge on any atom is -0.354 e. The van der Waals surface area contributed by atoms with Crippen molar-refractivity contribution in [1.82, 2.24) is 5.32 Å². The van der Waals surface area contributed by atoms with Crippen molar-refractivity contribution in [3.05, 3.63) is 30.1 Å². The summed E-state index contributed by atoms with van der Waals surface area (Å²) in [5.41, 5.74) is 5.16. The Morgan fingerprint density at radius 3 is 2.41 bits per heavy atom. The molecule has 0 radical (unpaired) electrons. The summed E-state index contributed by atoms with van der Waals surface area (Å²) in [7, 11) is -3.73. The summed E-state index contributed by atoms with van der Waals surface area (Å²) >= 11 is 0. The summed E-state index contributed by atoms with van der Waals surface area (Å²) in [5, 5.41) is 2.35. The topological polar surface area (TPSA) is 89.3 Å². The smallest absolute Gasteiger partial charge is 0.235 e. The van der Waals surface area contributed by atoms with Gasteiger partial charge < -0.3 is 11.1 Å². The van der Waals surface area contributed by atoms with E-state index in [0.717, 1.165) is 24.3 Å². The van der Waals surface area contributed by atoms with E-state index in [0.29, 0.717) is 0 Å². The number of nitrogens with two attached hydrogens (primary N) is 1. The van der Waals surface area contributed by atoms with Crippen LogP contribution in [0.3, 0.4) is 0 Å². The van der Waals surface area contributed by atoms with Crippen LogP contribution in [-0.4, -0.2) is 33.2 Å². The number of carbonyl (C=O) groups excluding carboxylic acids is 1. The van der Waals surface area contributed by atoms with Crippen LogP contribution in [0.25, 0.3) is 0 Å². The molecule has 0 aliphatic heterocycles. The van der Waals surface area contributed by atoms with E-state index >= 15 is 0 Å². The summed E-state index contributed by atoms with van der Waals surface area (Å²) in [6.07, 6.45) is 0. The molecule has 1 aromatic carbocycles. The van der Waals surface area contributed by atoms with Crippen LogP contribution in [0.5, 0.6) is 0 Å². The Kier molecular flexibility index (Phi) is 4.59. The molecule has 0 saturated heterocycles. The first-order valence-corrected chi connectivity index (χ1v) is 6.56. The summed E-state index contributed by atoms with van der Waals surface area (Å²) in [4.78, 5) is 11.2. The Morgan fingerprint density at radius 2 is 1.88 bits per heavy atom. The van der Waals surface area contributed by atoms with Crippen molar-refractivity contribution in [2.45, 2.75) is 4.90 Å². The molecule has 0 bridgehead atoms. The zero-order valence-electron chi connectivity index (χ0n) is 9.02. The van der Waals surface area contributed by atoms with Gasteiger partial charge in [-0.25, -0.2) is 12.8 Å². The first-order valence-electron chi connectivity index (χ1n) is 4.91. The highest BCUT2D eigenvalue weighted by Crippen LogP contribution is 2.11. The van der Waals surface area contributed by atoms with Crippen LogP contribution in [0, 0.1) is 5.82 Å². The zero-order valence-corrected chi connectivity index (χ0v) is 9.84. The van der Waals surface area contributed by atoms with Crippen molar-refractivity contribution in [1.29, 1.82) is 0 Å².